The minimum Gasteiger partial charge on any atom is -0.303 e. The molecule has 0 aromatic carbocycles. The van der Waals surface area contributed by atoms with Crippen LogP contribution in [0, 0.1) is 5.92 Å². The van der Waals surface area contributed by atoms with E-state index >= 15 is 0 Å². The number of rotatable bonds is 15. The van der Waals surface area contributed by atoms with Crippen molar-refractivity contribution in [2.75, 3.05) is 5.75 Å². The molecule has 0 bridgehead atoms. The number of carbonyl (C=O) groups excluding carboxylic acids is 1. The standard InChI is InChI=1S/C17H34OS/c1-2-17(16-18)14-12-10-8-6-4-3-5-7-9-11-13-15-19/h16-17,19H,2-15H2,1H3. The molecule has 0 fully saturated rings. The van der Waals surface area contributed by atoms with Crippen molar-refractivity contribution in [1.82, 2.24) is 0 Å². The van der Waals surface area contributed by atoms with E-state index in [9.17, 15) is 4.79 Å². The van der Waals surface area contributed by atoms with E-state index in [1.54, 1.807) is 0 Å². The molecule has 0 radical (unpaired) electrons. The second-order valence-electron chi connectivity index (χ2n) is 5.71. The first-order chi connectivity index (χ1) is 9.35. The van der Waals surface area contributed by atoms with Gasteiger partial charge < -0.3 is 4.79 Å². The van der Waals surface area contributed by atoms with Crippen molar-refractivity contribution in [3.8, 4) is 0 Å². The molecule has 0 rings (SSSR count). The van der Waals surface area contributed by atoms with Gasteiger partial charge >= 0.3 is 0 Å². The summed E-state index contributed by atoms with van der Waals surface area (Å²) in [7, 11) is 0. The first-order valence-electron chi connectivity index (χ1n) is 8.41. The van der Waals surface area contributed by atoms with Gasteiger partial charge in [-0.15, -0.1) is 0 Å². The predicted molar refractivity (Wildman–Crippen MR) is 89.1 cm³/mol. The summed E-state index contributed by atoms with van der Waals surface area (Å²) < 4.78 is 0. The molecule has 0 aliphatic rings. The third kappa shape index (κ3) is 14.2. The summed E-state index contributed by atoms with van der Waals surface area (Å²) in [6.07, 6.45) is 18.2. The lowest BCUT2D eigenvalue weighted by Crippen LogP contribution is -1.99. The molecule has 1 nitrogen and oxygen atoms in total. The van der Waals surface area contributed by atoms with Crippen LogP contribution in [0.1, 0.15) is 90.4 Å². The first-order valence-corrected chi connectivity index (χ1v) is 9.04. The summed E-state index contributed by atoms with van der Waals surface area (Å²) in [6, 6.07) is 0. The number of hydrogen-bond acceptors (Lipinski definition) is 2. The van der Waals surface area contributed by atoms with Crippen molar-refractivity contribution >= 4 is 18.9 Å². The van der Waals surface area contributed by atoms with Crippen LogP contribution in [0.5, 0.6) is 0 Å². The monoisotopic (exact) mass is 286 g/mol. The molecule has 0 aromatic heterocycles. The fourth-order valence-corrected chi connectivity index (χ4v) is 2.70. The van der Waals surface area contributed by atoms with Gasteiger partial charge in [-0.3, -0.25) is 0 Å². The maximum atomic E-state index is 10.7. The van der Waals surface area contributed by atoms with E-state index in [0.717, 1.165) is 24.9 Å². The SMILES string of the molecule is CCC(C=O)CCCCCCCCCCCCCS. The summed E-state index contributed by atoms with van der Waals surface area (Å²) in [5, 5.41) is 0. The van der Waals surface area contributed by atoms with E-state index in [1.807, 2.05) is 0 Å². The molecule has 1 unspecified atom stereocenters. The Balaban J connectivity index is 3.04. The molecule has 1 atom stereocenters. The zero-order valence-electron chi connectivity index (χ0n) is 12.9. The topological polar surface area (TPSA) is 17.1 Å². The van der Waals surface area contributed by atoms with Crippen LogP contribution < -0.4 is 0 Å². The fraction of sp³-hybridized carbons (Fsp3) is 0.941. The van der Waals surface area contributed by atoms with Gasteiger partial charge in [-0.25, -0.2) is 0 Å². The van der Waals surface area contributed by atoms with E-state index in [-0.39, 0.29) is 0 Å². The minimum atomic E-state index is 0.317. The zero-order chi connectivity index (χ0) is 14.2. The van der Waals surface area contributed by atoms with Crippen LogP contribution in [-0.4, -0.2) is 12.0 Å². The maximum Gasteiger partial charge on any atom is 0.123 e. The molecule has 0 aliphatic carbocycles. The predicted octanol–water partition coefficient (Wildman–Crippen LogP) is 5.82. The van der Waals surface area contributed by atoms with Crippen LogP contribution in [0.2, 0.25) is 0 Å². The minimum absolute atomic E-state index is 0.317. The average molecular weight is 287 g/mol. The molecule has 0 saturated carbocycles. The first kappa shape index (κ1) is 19.0. The lowest BCUT2D eigenvalue weighted by molar-refractivity contribution is -0.111. The Morgan fingerprint density at radius 3 is 1.58 bits per heavy atom. The molecular formula is C17H34OS. The number of hydrogen-bond donors (Lipinski definition) is 1. The second-order valence-corrected chi connectivity index (χ2v) is 6.15. The van der Waals surface area contributed by atoms with Crippen LogP contribution in [0.3, 0.4) is 0 Å². The second kappa shape index (κ2) is 16.1. The third-order valence-corrected chi connectivity index (χ3v) is 4.27. The van der Waals surface area contributed by atoms with Gasteiger partial charge in [0, 0.05) is 5.92 Å². The normalized spacial score (nSPS) is 12.5. The highest BCUT2D eigenvalue weighted by Crippen LogP contribution is 2.14. The Kier molecular flexibility index (Phi) is 16.1. The zero-order valence-corrected chi connectivity index (χ0v) is 13.8. The lowest BCUT2D eigenvalue weighted by atomic mass is 9.99. The van der Waals surface area contributed by atoms with Crippen molar-refractivity contribution in [3.05, 3.63) is 0 Å². The maximum absolute atomic E-state index is 10.7. The highest BCUT2D eigenvalue weighted by molar-refractivity contribution is 7.80. The number of unbranched alkanes of at least 4 members (excludes halogenated alkanes) is 10. The highest BCUT2D eigenvalue weighted by atomic mass is 32.1. The number of carbonyl (C=O) groups is 1. The van der Waals surface area contributed by atoms with Gasteiger partial charge in [0.05, 0.1) is 0 Å². The smallest absolute Gasteiger partial charge is 0.123 e. The Morgan fingerprint density at radius 2 is 1.21 bits per heavy atom. The largest absolute Gasteiger partial charge is 0.303 e. The Hall–Kier alpha value is 0.0200. The van der Waals surface area contributed by atoms with Gasteiger partial charge in [-0.1, -0.05) is 71.1 Å². The van der Waals surface area contributed by atoms with E-state index in [2.05, 4.69) is 19.6 Å². The summed E-state index contributed by atoms with van der Waals surface area (Å²) in [5.74, 6) is 1.36. The Morgan fingerprint density at radius 1 is 0.789 bits per heavy atom. The summed E-state index contributed by atoms with van der Waals surface area (Å²) >= 11 is 4.23. The van der Waals surface area contributed by atoms with Crippen LogP contribution in [0.4, 0.5) is 0 Å². The average Bonchev–Trinajstić information content (AvgIpc) is 2.44. The van der Waals surface area contributed by atoms with Gasteiger partial charge in [-0.2, -0.15) is 12.6 Å². The van der Waals surface area contributed by atoms with Crippen LogP contribution >= 0.6 is 12.6 Å². The third-order valence-electron chi connectivity index (χ3n) is 3.95. The molecular weight excluding hydrogens is 252 g/mol. The summed E-state index contributed by atoms with van der Waals surface area (Å²) in [4.78, 5) is 10.7. The molecule has 0 spiro atoms. The van der Waals surface area contributed by atoms with Crippen molar-refractivity contribution in [3.63, 3.8) is 0 Å². The molecule has 0 aliphatic heterocycles. The molecule has 19 heavy (non-hydrogen) atoms. The van der Waals surface area contributed by atoms with E-state index in [4.69, 9.17) is 0 Å². The van der Waals surface area contributed by atoms with Gasteiger partial charge in [0.1, 0.15) is 6.29 Å². The Labute approximate surface area is 126 Å². The molecule has 0 heterocycles. The van der Waals surface area contributed by atoms with Crippen LogP contribution in [-0.2, 0) is 4.79 Å². The summed E-state index contributed by atoms with van der Waals surface area (Å²) in [5.41, 5.74) is 0. The van der Waals surface area contributed by atoms with Gasteiger partial charge in [0.25, 0.3) is 0 Å². The Bertz CT molecular complexity index is 182. The van der Waals surface area contributed by atoms with Crippen molar-refractivity contribution in [2.45, 2.75) is 90.4 Å². The number of thiol groups is 1. The highest BCUT2D eigenvalue weighted by Gasteiger charge is 2.02. The summed E-state index contributed by atoms with van der Waals surface area (Å²) in [6.45, 7) is 2.11. The molecule has 114 valence electrons. The van der Waals surface area contributed by atoms with E-state index < -0.39 is 0 Å². The number of aldehydes is 1. The van der Waals surface area contributed by atoms with Crippen molar-refractivity contribution < 1.29 is 4.79 Å². The van der Waals surface area contributed by atoms with Gasteiger partial charge in [0.15, 0.2) is 0 Å². The van der Waals surface area contributed by atoms with Gasteiger partial charge in [-0.05, 0) is 25.0 Å². The van der Waals surface area contributed by atoms with Crippen molar-refractivity contribution in [1.29, 1.82) is 0 Å². The molecule has 0 saturated heterocycles. The fourth-order valence-electron chi connectivity index (χ4n) is 2.48. The van der Waals surface area contributed by atoms with Crippen LogP contribution in [0.15, 0.2) is 0 Å². The molecule has 0 N–H and O–H groups in total. The molecule has 0 amide bonds. The lowest BCUT2D eigenvalue weighted by Gasteiger charge is -2.06. The van der Waals surface area contributed by atoms with Crippen LogP contribution in [0.25, 0.3) is 0 Å². The molecule has 2 heteroatoms. The van der Waals surface area contributed by atoms with E-state index in [0.29, 0.717) is 5.92 Å². The van der Waals surface area contributed by atoms with E-state index in [1.165, 1.54) is 70.6 Å². The quantitative estimate of drug-likeness (QED) is 0.228. The molecule has 0 aromatic rings. The van der Waals surface area contributed by atoms with Crippen molar-refractivity contribution in [2.24, 2.45) is 5.92 Å². The van der Waals surface area contributed by atoms with Gasteiger partial charge in [0.2, 0.25) is 0 Å².